The van der Waals surface area contributed by atoms with Crippen LogP contribution in [0.15, 0.2) is 28.7 Å². The highest BCUT2D eigenvalue weighted by Gasteiger charge is 2.20. The van der Waals surface area contributed by atoms with Crippen molar-refractivity contribution in [1.29, 1.82) is 0 Å². The van der Waals surface area contributed by atoms with Crippen molar-refractivity contribution in [2.75, 3.05) is 0 Å². The number of carbonyl (C=O) groups is 2. The van der Waals surface area contributed by atoms with E-state index in [0.717, 1.165) is 16.5 Å². The van der Waals surface area contributed by atoms with Crippen molar-refractivity contribution >= 4 is 27.7 Å². The average molecular weight is 341 g/mol. The number of carbonyl (C=O) groups excluding carboxylic acids is 2. The van der Waals surface area contributed by atoms with Gasteiger partial charge in [0, 0.05) is 11.4 Å². The minimum absolute atomic E-state index is 0.0938. The summed E-state index contributed by atoms with van der Waals surface area (Å²) < 4.78 is 1.00. The standard InChI is InChI=1S/C15H21BrN2O2/c1-4-5-14(18-11(3)19)15(20)17-10(2)12-6-8-13(16)9-7-12/h6-10,14H,4-5H2,1-3H3,(H,17,20)(H,18,19)/t10-,14+/m0/s1. The van der Waals surface area contributed by atoms with Gasteiger partial charge >= 0.3 is 0 Å². The minimum atomic E-state index is -0.463. The van der Waals surface area contributed by atoms with E-state index in [1.165, 1.54) is 6.92 Å². The fourth-order valence-corrected chi connectivity index (χ4v) is 2.22. The smallest absolute Gasteiger partial charge is 0.243 e. The number of benzene rings is 1. The molecule has 1 rings (SSSR count). The van der Waals surface area contributed by atoms with E-state index in [0.29, 0.717) is 6.42 Å². The predicted octanol–water partition coefficient (Wildman–Crippen LogP) is 2.93. The first kappa shape index (κ1) is 16.7. The van der Waals surface area contributed by atoms with E-state index in [2.05, 4.69) is 26.6 Å². The van der Waals surface area contributed by atoms with Crippen molar-refractivity contribution < 1.29 is 9.59 Å². The third-order valence-electron chi connectivity index (χ3n) is 3.00. The quantitative estimate of drug-likeness (QED) is 0.836. The highest BCUT2D eigenvalue weighted by molar-refractivity contribution is 9.10. The first-order valence-corrected chi connectivity index (χ1v) is 7.56. The molecule has 5 heteroatoms. The summed E-state index contributed by atoms with van der Waals surface area (Å²) >= 11 is 3.38. The van der Waals surface area contributed by atoms with Gasteiger partial charge in [0.2, 0.25) is 11.8 Å². The first-order chi connectivity index (χ1) is 9.43. The fourth-order valence-electron chi connectivity index (χ4n) is 1.95. The Labute approximate surface area is 128 Å². The van der Waals surface area contributed by atoms with Crippen molar-refractivity contribution in [3.63, 3.8) is 0 Å². The molecule has 0 fully saturated rings. The molecule has 0 unspecified atom stereocenters. The normalized spacial score (nSPS) is 13.4. The Morgan fingerprint density at radius 2 is 1.80 bits per heavy atom. The van der Waals surface area contributed by atoms with E-state index in [-0.39, 0.29) is 17.9 Å². The Kier molecular flexibility index (Phi) is 6.71. The van der Waals surface area contributed by atoms with Crippen LogP contribution in [-0.4, -0.2) is 17.9 Å². The summed E-state index contributed by atoms with van der Waals surface area (Å²) in [7, 11) is 0. The van der Waals surface area contributed by atoms with Gasteiger partial charge < -0.3 is 10.6 Å². The van der Waals surface area contributed by atoms with Crippen molar-refractivity contribution in [2.24, 2.45) is 0 Å². The molecule has 0 radical (unpaired) electrons. The molecule has 1 aromatic rings. The maximum absolute atomic E-state index is 12.2. The molecular formula is C15H21BrN2O2. The molecule has 0 spiro atoms. The number of nitrogens with one attached hydrogen (secondary N) is 2. The number of hydrogen-bond donors (Lipinski definition) is 2. The lowest BCUT2D eigenvalue weighted by Gasteiger charge is -2.20. The highest BCUT2D eigenvalue weighted by Crippen LogP contribution is 2.16. The lowest BCUT2D eigenvalue weighted by Crippen LogP contribution is -2.46. The summed E-state index contributed by atoms with van der Waals surface area (Å²) in [6.45, 7) is 5.34. The SMILES string of the molecule is CCC[C@@H](NC(C)=O)C(=O)N[C@@H](C)c1ccc(Br)cc1. The molecule has 2 atom stereocenters. The van der Waals surface area contributed by atoms with Crippen molar-refractivity contribution in [3.8, 4) is 0 Å². The Bertz CT molecular complexity index is 459. The van der Waals surface area contributed by atoms with Crippen LogP contribution in [0.4, 0.5) is 0 Å². The third kappa shape index (κ3) is 5.33. The summed E-state index contributed by atoms with van der Waals surface area (Å²) in [5.41, 5.74) is 1.03. The largest absolute Gasteiger partial charge is 0.348 e. The number of halogens is 1. The summed E-state index contributed by atoms with van der Waals surface area (Å²) in [4.78, 5) is 23.3. The molecule has 0 heterocycles. The minimum Gasteiger partial charge on any atom is -0.348 e. The van der Waals surface area contributed by atoms with Gasteiger partial charge in [0.25, 0.3) is 0 Å². The molecule has 0 bridgehead atoms. The molecule has 0 aliphatic rings. The molecule has 0 saturated heterocycles. The van der Waals surface area contributed by atoms with E-state index >= 15 is 0 Å². The van der Waals surface area contributed by atoms with E-state index in [4.69, 9.17) is 0 Å². The van der Waals surface area contributed by atoms with Crippen LogP contribution in [0.25, 0.3) is 0 Å². The molecule has 1 aromatic carbocycles. The maximum Gasteiger partial charge on any atom is 0.243 e. The van der Waals surface area contributed by atoms with Gasteiger partial charge in [0.05, 0.1) is 6.04 Å². The summed E-state index contributed by atoms with van der Waals surface area (Å²) in [5, 5.41) is 5.62. The molecule has 0 saturated carbocycles. The van der Waals surface area contributed by atoms with Crippen LogP contribution in [-0.2, 0) is 9.59 Å². The molecule has 0 aliphatic heterocycles. The zero-order chi connectivity index (χ0) is 15.1. The van der Waals surface area contributed by atoms with E-state index in [9.17, 15) is 9.59 Å². The summed E-state index contributed by atoms with van der Waals surface area (Å²) in [6, 6.07) is 7.24. The van der Waals surface area contributed by atoms with Crippen molar-refractivity contribution in [2.45, 2.75) is 45.7 Å². The average Bonchev–Trinajstić information content (AvgIpc) is 2.38. The molecule has 4 nitrogen and oxygen atoms in total. The zero-order valence-electron chi connectivity index (χ0n) is 12.1. The van der Waals surface area contributed by atoms with Crippen LogP contribution in [0.5, 0.6) is 0 Å². The molecule has 0 aromatic heterocycles. The second-order valence-electron chi connectivity index (χ2n) is 4.82. The molecule has 20 heavy (non-hydrogen) atoms. The first-order valence-electron chi connectivity index (χ1n) is 6.77. The molecule has 2 amide bonds. The monoisotopic (exact) mass is 340 g/mol. The third-order valence-corrected chi connectivity index (χ3v) is 3.53. The molecule has 0 aliphatic carbocycles. The van der Waals surface area contributed by atoms with Gasteiger partial charge in [-0.3, -0.25) is 9.59 Å². The highest BCUT2D eigenvalue weighted by atomic mass is 79.9. The van der Waals surface area contributed by atoms with Gasteiger partial charge in [0.1, 0.15) is 6.04 Å². The Hall–Kier alpha value is -1.36. The van der Waals surface area contributed by atoms with Gasteiger partial charge in [-0.05, 0) is 31.0 Å². The number of rotatable bonds is 6. The maximum atomic E-state index is 12.2. The predicted molar refractivity (Wildman–Crippen MR) is 83.2 cm³/mol. The van der Waals surface area contributed by atoms with Crippen LogP contribution in [0.3, 0.4) is 0 Å². The lowest BCUT2D eigenvalue weighted by molar-refractivity contribution is -0.128. The molecule has 2 N–H and O–H groups in total. The van der Waals surface area contributed by atoms with Gasteiger partial charge in [-0.2, -0.15) is 0 Å². The summed E-state index contributed by atoms with van der Waals surface area (Å²) in [6.07, 6.45) is 1.48. The van der Waals surface area contributed by atoms with E-state index in [1.54, 1.807) is 0 Å². The van der Waals surface area contributed by atoms with Crippen LogP contribution >= 0.6 is 15.9 Å². The second-order valence-corrected chi connectivity index (χ2v) is 5.74. The van der Waals surface area contributed by atoms with Gasteiger partial charge in [-0.1, -0.05) is 41.4 Å². The molecular weight excluding hydrogens is 320 g/mol. The Balaban J connectivity index is 2.66. The second kappa shape index (κ2) is 8.04. The molecule has 110 valence electrons. The topological polar surface area (TPSA) is 58.2 Å². The van der Waals surface area contributed by atoms with E-state index < -0.39 is 6.04 Å². The number of hydrogen-bond acceptors (Lipinski definition) is 2. The van der Waals surface area contributed by atoms with Crippen LogP contribution in [0.1, 0.15) is 45.2 Å². The van der Waals surface area contributed by atoms with Crippen LogP contribution in [0, 0.1) is 0 Å². The van der Waals surface area contributed by atoms with Gasteiger partial charge in [-0.25, -0.2) is 0 Å². The van der Waals surface area contributed by atoms with Crippen molar-refractivity contribution in [1.82, 2.24) is 10.6 Å². The van der Waals surface area contributed by atoms with Crippen LogP contribution in [0.2, 0.25) is 0 Å². The number of amides is 2. The Morgan fingerprint density at radius 3 is 2.30 bits per heavy atom. The Morgan fingerprint density at radius 1 is 1.20 bits per heavy atom. The van der Waals surface area contributed by atoms with E-state index in [1.807, 2.05) is 38.1 Å². The van der Waals surface area contributed by atoms with Crippen molar-refractivity contribution in [3.05, 3.63) is 34.3 Å². The lowest BCUT2D eigenvalue weighted by atomic mass is 10.1. The van der Waals surface area contributed by atoms with Gasteiger partial charge in [0.15, 0.2) is 0 Å². The zero-order valence-corrected chi connectivity index (χ0v) is 13.7. The van der Waals surface area contributed by atoms with Crippen LogP contribution < -0.4 is 10.6 Å². The summed E-state index contributed by atoms with van der Waals surface area (Å²) in [5.74, 6) is -0.327. The fraction of sp³-hybridized carbons (Fsp3) is 0.467. The van der Waals surface area contributed by atoms with Gasteiger partial charge in [-0.15, -0.1) is 0 Å².